The Morgan fingerprint density at radius 1 is 0.941 bits per heavy atom. The molecule has 0 radical (unpaired) electrons. The molecule has 0 atom stereocenters. The molecule has 0 aliphatic carbocycles. The van der Waals surface area contributed by atoms with Gasteiger partial charge in [0.05, 0.1) is 17.1 Å². The maximum absolute atomic E-state index is 13.3. The molecular weight excluding hydrogens is 229 g/mol. The van der Waals surface area contributed by atoms with Crippen LogP contribution in [0.4, 0.5) is 30.2 Å². The quantitative estimate of drug-likeness (QED) is 0.786. The summed E-state index contributed by atoms with van der Waals surface area (Å²) in [5, 5.41) is 2.60. The molecule has 0 aliphatic rings. The van der Waals surface area contributed by atoms with Crippen LogP contribution in [0.25, 0.3) is 0 Å². The summed E-state index contributed by atoms with van der Waals surface area (Å²) in [6, 6.07) is 7.36. The van der Waals surface area contributed by atoms with Gasteiger partial charge in [0, 0.05) is 0 Å². The zero-order valence-corrected chi connectivity index (χ0v) is 8.68. The Kier molecular flexibility index (Phi) is 2.91. The lowest BCUT2D eigenvalue weighted by Gasteiger charge is -2.10. The third-order valence-corrected chi connectivity index (χ3v) is 2.23. The van der Waals surface area contributed by atoms with Gasteiger partial charge < -0.3 is 11.1 Å². The van der Waals surface area contributed by atoms with Crippen LogP contribution in [0.2, 0.25) is 0 Å². The average Bonchev–Trinajstić information content (AvgIpc) is 2.28. The molecule has 2 rings (SSSR count). The number of hydrogen-bond donors (Lipinski definition) is 2. The van der Waals surface area contributed by atoms with E-state index in [0.29, 0.717) is 5.69 Å². The van der Waals surface area contributed by atoms with Crippen LogP contribution in [0.15, 0.2) is 36.4 Å². The number of hydrogen-bond acceptors (Lipinski definition) is 2. The molecule has 0 fully saturated rings. The number of anilines is 3. The first-order valence-electron chi connectivity index (χ1n) is 4.84. The molecule has 5 heteroatoms. The lowest BCUT2D eigenvalue weighted by atomic mass is 10.2. The van der Waals surface area contributed by atoms with Gasteiger partial charge >= 0.3 is 0 Å². The van der Waals surface area contributed by atoms with E-state index in [2.05, 4.69) is 5.32 Å². The van der Waals surface area contributed by atoms with Crippen molar-refractivity contribution in [3.05, 3.63) is 53.8 Å². The van der Waals surface area contributed by atoms with Gasteiger partial charge in [-0.15, -0.1) is 0 Å². The first kappa shape index (κ1) is 11.3. The Bertz CT molecular complexity index is 555. The van der Waals surface area contributed by atoms with Crippen molar-refractivity contribution >= 4 is 17.1 Å². The summed E-state index contributed by atoms with van der Waals surface area (Å²) in [4.78, 5) is 0. The lowest BCUT2D eigenvalue weighted by molar-refractivity contribution is 0.512. The first-order chi connectivity index (χ1) is 8.08. The fraction of sp³-hybridized carbons (Fsp3) is 0. The molecule has 0 amide bonds. The van der Waals surface area contributed by atoms with E-state index in [1.807, 2.05) is 0 Å². The van der Waals surface area contributed by atoms with E-state index in [1.54, 1.807) is 0 Å². The Labute approximate surface area is 95.9 Å². The summed E-state index contributed by atoms with van der Waals surface area (Å²) in [6.07, 6.45) is 0. The molecule has 2 aromatic carbocycles. The van der Waals surface area contributed by atoms with Crippen molar-refractivity contribution in [2.75, 3.05) is 11.1 Å². The third kappa shape index (κ3) is 2.33. The molecule has 3 N–H and O–H groups in total. The topological polar surface area (TPSA) is 38.0 Å². The molecule has 0 bridgehead atoms. The maximum atomic E-state index is 13.3. The van der Waals surface area contributed by atoms with Gasteiger partial charge in [0.2, 0.25) is 0 Å². The van der Waals surface area contributed by atoms with E-state index >= 15 is 0 Å². The minimum absolute atomic E-state index is 0.0525. The van der Waals surface area contributed by atoms with Gasteiger partial charge in [-0.2, -0.15) is 0 Å². The Hall–Kier alpha value is -2.17. The van der Waals surface area contributed by atoms with Crippen molar-refractivity contribution in [3.8, 4) is 0 Å². The Balaban J connectivity index is 2.35. The van der Waals surface area contributed by atoms with Crippen LogP contribution in [0.1, 0.15) is 0 Å². The summed E-state index contributed by atoms with van der Waals surface area (Å²) in [7, 11) is 0. The highest BCUT2D eigenvalue weighted by Gasteiger charge is 2.09. The predicted molar refractivity (Wildman–Crippen MR) is 60.5 cm³/mol. The van der Waals surface area contributed by atoms with Crippen molar-refractivity contribution in [2.24, 2.45) is 0 Å². The van der Waals surface area contributed by atoms with E-state index in [0.717, 1.165) is 12.1 Å². The maximum Gasteiger partial charge on any atom is 0.182 e. The smallest absolute Gasteiger partial charge is 0.182 e. The SMILES string of the molecule is Nc1cc(F)ccc1Nc1cccc(F)c1F. The van der Waals surface area contributed by atoms with Gasteiger partial charge in [0.15, 0.2) is 11.6 Å². The summed E-state index contributed by atoms with van der Waals surface area (Å²) in [5.41, 5.74) is 5.92. The molecule has 88 valence electrons. The number of nitrogen functional groups attached to an aromatic ring is 1. The van der Waals surface area contributed by atoms with Gasteiger partial charge in [-0.25, -0.2) is 13.2 Å². The standard InChI is InChI=1S/C12H9F3N2/c13-7-4-5-10(9(16)6-7)17-11-3-1-2-8(14)12(11)15/h1-6,17H,16H2. The highest BCUT2D eigenvalue weighted by atomic mass is 19.2. The summed E-state index contributed by atoms with van der Waals surface area (Å²) < 4.78 is 39.1. The molecule has 0 saturated carbocycles. The highest BCUT2D eigenvalue weighted by Crippen LogP contribution is 2.26. The normalized spacial score (nSPS) is 10.3. The first-order valence-corrected chi connectivity index (χ1v) is 4.84. The van der Waals surface area contributed by atoms with Gasteiger partial charge in [0.1, 0.15) is 5.82 Å². The molecule has 0 aromatic heterocycles. The zero-order valence-electron chi connectivity index (χ0n) is 8.68. The second-order valence-electron chi connectivity index (χ2n) is 3.46. The van der Waals surface area contributed by atoms with Gasteiger partial charge in [-0.1, -0.05) is 6.07 Å². The van der Waals surface area contributed by atoms with Crippen LogP contribution < -0.4 is 11.1 Å². The summed E-state index contributed by atoms with van der Waals surface area (Å²) >= 11 is 0. The minimum atomic E-state index is -1.00. The lowest BCUT2D eigenvalue weighted by Crippen LogP contribution is -1.99. The molecule has 2 nitrogen and oxygen atoms in total. The van der Waals surface area contributed by atoms with Crippen LogP contribution in [0, 0.1) is 17.5 Å². The van der Waals surface area contributed by atoms with E-state index < -0.39 is 17.5 Å². The molecule has 0 aliphatic heterocycles. The fourth-order valence-electron chi connectivity index (χ4n) is 1.39. The number of rotatable bonds is 2. The van der Waals surface area contributed by atoms with E-state index in [4.69, 9.17) is 5.73 Å². The minimum Gasteiger partial charge on any atom is -0.397 e. The summed E-state index contributed by atoms with van der Waals surface area (Å²) in [6.45, 7) is 0. The van der Waals surface area contributed by atoms with Gasteiger partial charge in [0.25, 0.3) is 0 Å². The van der Waals surface area contributed by atoms with E-state index in [9.17, 15) is 13.2 Å². The molecule has 0 heterocycles. The molecule has 0 spiro atoms. The number of nitrogens with two attached hydrogens (primary N) is 1. The van der Waals surface area contributed by atoms with Crippen molar-refractivity contribution < 1.29 is 13.2 Å². The van der Waals surface area contributed by atoms with Crippen molar-refractivity contribution in [2.45, 2.75) is 0 Å². The molecule has 2 aromatic rings. The van der Waals surface area contributed by atoms with Crippen molar-refractivity contribution in [3.63, 3.8) is 0 Å². The van der Waals surface area contributed by atoms with Crippen LogP contribution in [-0.2, 0) is 0 Å². The predicted octanol–water partition coefficient (Wildman–Crippen LogP) is 3.43. The van der Waals surface area contributed by atoms with E-state index in [1.165, 1.54) is 24.3 Å². The Morgan fingerprint density at radius 2 is 1.71 bits per heavy atom. The molecule has 0 saturated heterocycles. The van der Waals surface area contributed by atoms with Gasteiger partial charge in [-0.3, -0.25) is 0 Å². The molecular formula is C12H9F3N2. The van der Waals surface area contributed by atoms with Crippen LogP contribution in [0.3, 0.4) is 0 Å². The fourth-order valence-corrected chi connectivity index (χ4v) is 1.39. The number of benzene rings is 2. The number of nitrogens with one attached hydrogen (secondary N) is 1. The Morgan fingerprint density at radius 3 is 2.41 bits per heavy atom. The summed E-state index contributed by atoms with van der Waals surface area (Å²) in [5.74, 6) is -2.46. The second-order valence-corrected chi connectivity index (χ2v) is 3.46. The molecule has 0 unspecified atom stereocenters. The van der Waals surface area contributed by atoms with Crippen molar-refractivity contribution in [1.82, 2.24) is 0 Å². The number of halogens is 3. The average molecular weight is 238 g/mol. The largest absolute Gasteiger partial charge is 0.397 e. The third-order valence-electron chi connectivity index (χ3n) is 2.23. The van der Waals surface area contributed by atoms with E-state index in [-0.39, 0.29) is 11.4 Å². The monoisotopic (exact) mass is 238 g/mol. The highest BCUT2D eigenvalue weighted by molar-refractivity contribution is 5.72. The van der Waals surface area contributed by atoms with Crippen LogP contribution >= 0.6 is 0 Å². The molecule has 17 heavy (non-hydrogen) atoms. The van der Waals surface area contributed by atoms with Gasteiger partial charge in [-0.05, 0) is 30.3 Å². The van der Waals surface area contributed by atoms with Crippen molar-refractivity contribution in [1.29, 1.82) is 0 Å². The second kappa shape index (κ2) is 4.37. The van der Waals surface area contributed by atoms with Crippen LogP contribution in [0.5, 0.6) is 0 Å². The zero-order chi connectivity index (χ0) is 12.4. The van der Waals surface area contributed by atoms with Crippen LogP contribution in [-0.4, -0.2) is 0 Å².